The smallest absolute Gasteiger partial charge is 0.120 e. The number of benzene rings is 1. The molecule has 19 heavy (non-hydrogen) atoms. The van der Waals surface area contributed by atoms with Crippen LogP contribution in [0.2, 0.25) is 0 Å². The molecular weight excluding hydrogens is 240 g/mol. The quantitative estimate of drug-likeness (QED) is 0.848. The Labute approximate surface area is 115 Å². The van der Waals surface area contributed by atoms with Gasteiger partial charge in [0.05, 0.1) is 13.2 Å². The van der Waals surface area contributed by atoms with E-state index in [0.717, 1.165) is 38.4 Å². The van der Waals surface area contributed by atoms with Gasteiger partial charge in [-0.2, -0.15) is 0 Å². The summed E-state index contributed by atoms with van der Waals surface area (Å²) in [5.41, 5.74) is 1.05. The fourth-order valence-corrected chi connectivity index (χ4v) is 2.44. The third-order valence-corrected chi connectivity index (χ3v) is 3.73. The van der Waals surface area contributed by atoms with Gasteiger partial charge in [-0.1, -0.05) is 18.2 Å². The monoisotopic (exact) mass is 264 g/mol. The molecular formula is C15H24N2O2. The second-order valence-electron chi connectivity index (χ2n) is 5.64. The molecule has 0 amide bonds. The van der Waals surface area contributed by atoms with Crippen LogP contribution >= 0.6 is 0 Å². The number of aromatic hydroxyl groups is 1. The number of rotatable bonds is 5. The highest BCUT2D eigenvalue weighted by atomic mass is 16.5. The average molecular weight is 264 g/mol. The van der Waals surface area contributed by atoms with Gasteiger partial charge in [0, 0.05) is 37.3 Å². The summed E-state index contributed by atoms with van der Waals surface area (Å²) in [4.78, 5) is 2.45. The summed E-state index contributed by atoms with van der Waals surface area (Å²) in [6.07, 6.45) is 0. The lowest BCUT2D eigenvalue weighted by Gasteiger charge is -2.41. The Hall–Kier alpha value is -1.10. The lowest BCUT2D eigenvalue weighted by molar-refractivity contribution is -0.00967. The van der Waals surface area contributed by atoms with Gasteiger partial charge in [0.25, 0.3) is 0 Å². The molecule has 1 fully saturated rings. The third-order valence-electron chi connectivity index (χ3n) is 3.73. The highest BCUT2D eigenvalue weighted by molar-refractivity contribution is 5.31. The zero-order valence-corrected chi connectivity index (χ0v) is 11.9. The molecule has 4 heteroatoms. The van der Waals surface area contributed by atoms with Gasteiger partial charge in [0.15, 0.2) is 0 Å². The van der Waals surface area contributed by atoms with Gasteiger partial charge in [0.2, 0.25) is 0 Å². The molecule has 1 aromatic rings. The molecule has 1 aliphatic rings. The largest absolute Gasteiger partial charge is 0.508 e. The molecule has 0 atom stereocenters. The van der Waals surface area contributed by atoms with Crippen molar-refractivity contribution in [2.24, 2.45) is 0 Å². The number of phenolic OH excluding ortho intramolecular Hbond substituents is 1. The van der Waals surface area contributed by atoms with Crippen LogP contribution in [0.3, 0.4) is 0 Å². The molecule has 1 heterocycles. The Morgan fingerprint density at radius 2 is 1.95 bits per heavy atom. The summed E-state index contributed by atoms with van der Waals surface area (Å²) in [7, 11) is 0. The lowest BCUT2D eigenvalue weighted by Crippen LogP contribution is -2.54. The van der Waals surface area contributed by atoms with Crippen LogP contribution in [-0.4, -0.2) is 48.4 Å². The summed E-state index contributed by atoms with van der Waals surface area (Å²) < 4.78 is 5.39. The Balaban J connectivity index is 1.82. The van der Waals surface area contributed by atoms with Gasteiger partial charge in [-0.05, 0) is 19.9 Å². The number of nitrogens with one attached hydrogen (secondary N) is 1. The number of para-hydroxylation sites is 1. The van der Waals surface area contributed by atoms with E-state index < -0.39 is 0 Å². The second-order valence-corrected chi connectivity index (χ2v) is 5.64. The van der Waals surface area contributed by atoms with Crippen LogP contribution in [0, 0.1) is 0 Å². The van der Waals surface area contributed by atoms with Crippen LogP contribution in [0.15, 0.2) is 24.3 Å². The van der Waals surface area contributed by atoms with Crippen LogP contribution in [0.5, 0.6) is 5.75 Å². The third kappa shape index (κ3) is 3.93. The van der Waals surface area contributed by atoms with E-state index in [0.29, 0.717) is 12.3 Å². The van der Waals surface area contributed by atoms with Crippen molar-refractivity contribution in [3.05, 3.63) is 29.8 Å². The molecule has 0 spiro atoms. The molecule has 1 aliphatic heterocycles. The molecule has 1 saturated heterocycles. The molecule has 2 N–H and O–H groups in total. The molecule has 0 unspecified atom stereocenters. The number of morpholine rings is 1. The molecule has 0 radical (unpaired) electrons. The van der Waals surface area contributed by atoms with Crippen molar-refractivity contribution in [1.29, 1.82) is 0 Å². The molecule has 2 rings (SSSR count). The van der Waals surface area contributed by atoms with Gasteiger partial charge in [0.1, 0.15) is 5.75 Å². The molecule has 0 bridgehead atoms. The minimum Gasteiger partial charge on any atom is -0.508 e. The van der Waals surface area contributed by atoms with E-state index in [2.05, 4.69) is 24.1 Å². The number of hydrogen-bond donors (Lipinski definition) is 2. The minimum atomic E-state index is 0.105. The summed E-state index contributed by atoms with van der Waals surface area (Å²) in [6, 6.07) is 7.47. The van der Waals surface area contributed by atoms with E-state index in [1.165, 1.54) is 0 Å². The SMILES string of the molecule is CC(C)(CNCc1ccccc1O)N1CCOCC1. The Morgan fingerprint density at radius 3 is 2.63 bits per heavy atom. The summed E-state index contributed by atoms with van der Waals surface area (Å²) in [5.74, 6) is 0.360. The molecule has 0 aromatic heterocycles. The highest BCUT2D eigenvalue weighted by Gasteiger charge is 2.27. The number of nitrogens with zero attached hydrogens (tertiary/aromatic N) is 1. The van der Waals surface area contributed by atoms with Crippen molar-refractivity contribution in [2.45, 2.75) is 25.9 Å². The zero-order chi connectivity index (χ0) is 13.7. The van der Waals surface area contributed by atoms with Crippen LogP contribution in [0.25, 0.3) is 0 Å². The zero-order valence-electron chi connectivity index (χ0n) is 11.9. The first-order valence-electron chi connectivity index (χ1n) is 6.90. The van der Waals surface area contributed by atoms with E-state index in [9.17, 15) is 5.11 Å². The predicted molar refractivity (Wildman–Crippen MR) is 76.3 cm³/mol. The van der Waals surface area contributed by atoms with Gasteiger partial charge >= 0.3 is 0 Å². The molecule has 0 saturated carbocycles. The normalized spacial score (nSPS) is 17.6. The van der Waals surface area contributed by atoms with E-state index >= 15 is 0 Å². The van der Waals surface area contributed by atoms with E-state index in [1.807, 2.05) is 18.2 Å². The van der Waals surface area contributed by atoms with Gasteiger partial charge < -0.3 is 15.2 Å². The van der Waals surface area contributed by atoms with Crippen molar-refractivity contribution >= 4 is 0 Å². The molecule has 106 valence electrons. The standard InChI is InChI=1S/C15H24N2O2/c1-15(2,17-7-9-19-10-8-17)12-16-11-13-5-3-4-6-14(13)18/h3-6,16,18H,7-12H2,1-2H3. The maximum absolute atomic E-state index is 9.72. The fourth-order valence-electron chi connectivity index (χ4n) is 2.44. The second kappa shape index (κ2) is 6.37. The predicted octanol–water partition coefficient (Wildman–Crippen LogP) is 1.59. The maximum atomic E-state index is 9.72. The first kappa shape index (κ1) is 14.3. The minimum absolute atomic E-state index is 0.105. The molecule has 1 aromatic carbocycles. The first-order chi connectivity index (χ1) is 9.09. The fraction of sp³-hybridized carbons (Fsp3) is 0.600. The van der Waals surface area contributed by atoms with Crippen molar-refractivity contribution in [3.63, 3.8) is 0 Å². The van der Waals surface area contributed by atoms with Crippen molar-refractivity contribution in [1.82, 2.24) is 10.2 Å². The topological polar surface area (TPSA) is 44.7 Å². The van der Waals surface area contributed by atoms with Crippen LogP contribution in [0.1, 0.15) is 19.4 Å². The van der Waals surface area contributed by atoms with Gasteiger partial charge in [-0.25, -0.2) is 0 Å². The van der Waals surface area contributed by atoms with Crippen molar-refractivity contribution in [3.8, 4) is 5.75 Å². The van der Waals surface area contributed by atoms with E-state index in [4.69, 9.17) is 4.74 Å². The first-order valence-corrected chi connectivity index (χ1v) is 6.90. The number of hydrogen-bond acceptors (Lipinski definition) is 4. The van der Waals surface area contributed by atoms with Gasteiger partial charge in [-0.3, -0.25) is 4.90 Å². The summed E-state index contributed by atoms with van der Waals surface area (Å²) in [6.45, 7) is 9.70. The lowest BCUT2D eigenvalue weighted by atomic mass is 10.0. The van der Waals surface area contributed by atoms with Gasteiger partial charge in [-0.15, -0.1) is 0 Å². The molecule has 4 nitrogen and oxygen atoms in total. The van der Waals surface area contributed by atoms with Crippen LogP contribution < -0.4 is 5.32 Å². The maximum Gasteiger partial charge on any atom is 0.120 e. The Morgan fingerprint density at radius 1 is 1.26 bits per heavy atom. The van der Waals surface area contributed by atoms with Crippen molar-refractivity contribution in [2.75, 3.05) is 32.8 Å². The van der Waals surface area contributed by atoms with Crippen LogP contribution in [0.4, 0.5) is 0 Å². The molecule has 0 aliphatic carbocycles. The Bertz CT molecular complexity index is 401. The van der Waals surface area contributed by atoms with Crippen molar-refractivity contribution < 1.29 is 9.84 Å². The van der Waals surface area contributed by atoms with E-state index in [1.54, 1.807) is 6.07 Å². The van der Waals surface area contributed by atoms with E-state index in [-0.39, 0.29) is 5.54 Å². The number of ether oxygens (including phenoxy) is 1. The van der Waals surface area contributed by atoms with Crippen LogP contribution in [-0.2, 0) is 11.3 Å². The number of phenols is 1. The summed E-state index contributed by atoms with van der Waals surface area (Å²) in [5, 5.41) is 13.2. The average Bonchev–Trinajstić information content (AvgIpc) is 2.42. The Kier molecular flexibility index (Phi) is 4.80. The highest BCUT2D eigenvalue weighted by Crippen LogP contribution is 2.17. The summed E-state index contributed by atoms with van der Waals surface area (Å²) >= 11 is 0.